The van der Waals surface area contributed by atoms with Gasteiger partial charge in [0.2, 0.25) is 0 Å². The quantitative estimate of drug-likeness (QED) is 0.700. The molecule has 0 bridgehead atoms. The summed E-state index contributed by atoms with van der Waals surface area (Å²) in [6, 6.07) is 0.599. The van der Waals surface area contributed by atoms with Gasteiger partial charge in [0.25, 0.3) is 0 Å². The van der Waals surface area contributed by atoms with Crippen molar-refractivity contribution in [2.75, 3.05) is 20.1 Å². The average molecular weight is 214 g/mol. The molecule has 0 saturated carbocycles. The lowest BCUT2D eigenvalue weighted by molar-refractivity contribution is 0.219. The maximum absolute atomic E-state index is 5.85. The minimum atomic E-state index is 0.562. The Balaban J connectivity index is 2.08. The highest BCUT2D eigenvalue weighted by atomic mass is 35.5. The van der Waals surface area contributed by atoms with Crippen molar-refractivity contribution < 1.29 is 0 Å². The molecule has 0 amide bonds. The number of likely N-dealkylation sites (tertiary alicyclic amines) is 1. The highest BCUT2D eigenvalue weighted by Crippen LogP contribution is 2.23. The summed E-state index contributed by atoms with van der Waals surface area (Å²) in [5.41, 5.74) is 1.14. The number of aromatic nitrogens is 2. The molecule has 0 unspecified atom stereocenters. The molecule has 1 aliphatic rings. The van der Waals surface area contributed by atoms with E-state index in [0.717, 1.165) is 5.69 Å². The van der Waals surface area contributed by atoms with Gasteiger partial charge in [0, 0.05) is 12.2 Å². The molecule has 0 atom stereocenters. The van der Waals surface area contributed by atoms with Crippen molar-refractivity contribution in [1.29, 1.82) is 0 Å². The van der Waals surface area contributed by atoms with Crippen LogP contribution in [0.25, 0.3) is 0 Å². The predicted molar refractivity (Wildman–Crippen MR) is 57.6 cm³/mol. The van der Waals surface area contributed by atoms with E-state index in [4.69, 9.17) is 11.6 Å². The maximum Gasteiger partial charge on any atom is 0.0951 e. The van der Waals surface area contributed by atoms with E-state index in [9.17, 15) is 0 Å². The molecule has 1 fully saturated rings. The minimum Gasteiger partial charge on any atom is -0.330 e. The second-order valence-electron chi connectivity index (χ2n) is 3.96. The Hall–Kier alpha value is -0.540. The fraction of sp³-hybridized carbons (Fsp3) is 0.700. The lowest BCUT2D eigenvalue weighted by Gasteiger charge is -2.30. The number of hydrogen-bond acceptors (Lipinski definition) is 2. The number of alkyl halides is 1. The van der Waals surface area contributed by atoms with Crippen LogP contribution in [-0.4, -0.2) is 34.6 Å². The number of nitrogens with zero attached hydrogens (tertiary/aromatic N) is 3. The zero-order chi connectivity index (χ0) is 9.97. The number of halogens is 1. The monoisotopic (exact) mass is 213 g/mol. The Kier molecular flexibility index (Phi) is 3.08. The second-order valence-corrected chi connectivity index (χ2v) is 4.23. The number of rotatable bonds is 2. The Bertz CT molecular complexity index is 289. The van der Waals surface area contributed by atoms with Crippen LogP contribution in [0.15, 0.2) is 12.5 Å². The van der Waals surface area contributed by atoms with Gasteiger partial charge in [-0.3, -0.25) is 0 Å². The molecule has 0 aromatic carbocycles. The summed E-state index contributed by atoms with van der Waals surface area (Å²) >= 11 is 5.85. The summed E-state index contributed by atoms with van der Waals surface area (Å²) in [5, 5.41) is 0. The van der Waals surface area contributed by atoms with Gasteiger partial charge in [0.15, 0.2) is 0 Å². The summed E-state index contributed by atoms with van der Waals surface area (Å²) in [7, 11) is 2.17. The molecule has 14 heavy (non-hydrogen) atoms. The molecule has 1 saturated heterocycles. The van der Waals surface area contributed by atoms with E-state index in [-0.39, 0.29) is 0 Å². The van der Waals surface area contributed by atoms with E-state index in [1.54, 1.807) is 0 Å². The van der Waals surface area contributed by atoms with Gasteiger partial charge < -0.3 is 9.47 Å². The van der Waals surface area contributed by atoms with Crippen molar-refractivity contribution in [3.05, 3.63) is 18.2 Å². The van der Waals surface area contributed by atoms with Crippen molar-refractivity contribution in [2.45, 2.75) is 24.8 Å². The molecule has 0 N–H and O–H groups in total. The summed E-state index contributed by atoms with van der Waals surface area (Å²) in [6.45, 7) is 2.34. The van der Waals surface area contributed by atoms with E-state index >= 15 is 0 Å². The van der Waals surface area contributed by atoms with Gasteiger partial charge in [-0.1, -0.05) is 0 Å². The van der Waals surface area contributed by atoms with E-state index in [1.807, 2.05) is 12.5 Å². The Morgan fingerprint density at radius 3 is 2.86 bits per heavy atom. The van der Waals surface area contributed by atoms with E-state index < -0.39 is 0 Å². The van der Waals surface area contributed by atoms with Gasteiger partial charge in [-0.2, -0.15) is 0 Å². The summed E-state index contributed by atoms with van der Waals surface area (Å²) in [5.74, 6) is 0.562. The normalized spacial score (nSPS) is 20.1. The first-order valence-corrected chi connectivity index (χ1v) is 5.60. The van der Waals surface area contributed by atoms with Crippen LogP contribution < -0.4 is 0 Å². The zero-order valence-electron chi connectivity index (χ0n) is 8.49. The Morgan fingerprint density at radius 1 is 1.50 bits per heavy atom. The molecule has 2 rings (SSSR count). The van der Waals surface area contributed by atoms with Crippen molar-refractivity contribution in [3.63, 3.8) is 0 Å². The molecular formula is C10H16ClN3. The third-order valence-electron chi connectivity index (χ3n) is 2.96. The molecule has 0 radical (unpaired) electrons. The second kappa shape index (κ2) is 4.32. The van der Waals surface area contributed by atoms with E-state index in [2.05, 4.69) is 21.5 Å². The van der Waals surface area contributed by atoms with Crippen LogP contribution in [0.5, 0.6) is 0 Å². The highest BCUT2D eigenvalue weighted by Gasteiger charge is 2.19. The van der Waals surface area contributed by atoms with Crippen molar-refractivity contribution in [3.8, 4) is 0 Å². The van der Waals surface area contributed by atoms with Crippen LogP contribution in [-0.2, 0) is 5.88 Å². The van der Waals surface area contributed by atoms with Gasteiger partial charge in [-0.15, -0.1) is 11.6 Å². The fourth-order valence-electron chi connectivity index (χ4n) is 2.04. The third kappa shape index (κ3) is 1.93. The van der Waals surface area contributed by atoms with Crippen LogP contribution >= 0.6 is 11.6 Å². The molecule has 1 aliphatic heterocycles. The van der Waals surface area contributed by atoms with Crippen molar-refractivity contribution in [2.24, 2.45) is 0 Å². The minimum absolute atomic E-state index is 0.562. The number of piperidine rings is 1. The summed E-state index contributed by atoms with van der Waals surface area (Å²) < 4.78 is 2.24. The molecule has 0 aliphatic carbocycles. The Morgan fingerprint density at radius 2 is 2.21 bits per heavy atom. The molecule has 3 nitrogen and oxygen atoms in total. The molecule has 78 valence electrons. The average Bonchev–Trinajstić information content (AvgIpc) is 2.67. The van der Waals surface area contributed by atoms with Gasteiger partial charge >= 0.3 is 0 Å². The van der Waals surface area contributed by atoms with Gasteiger partial charge in [0.1, 0.15) is 0 Å². The Labute approximate surface area is 89.7 Å². The topological polar surface area (TPSA) is 21.1 Å². The van der Waals surface area contributed by atoms with Crippen LogP contribution in [0.2, 0.25) is 0 Å². The van der Waals surface area contributed by atoms with Crippen LogP contribution in [0.3, 0.4) is 0 Å². The largest absolute Gasteiger partial charge is 0.330 e. The lowest BCUT2D eigenvalue weighted by Crippen LogP contribution is -2.31. The summed E-state index contributed by atoms with van der Waals surface area (Å²) in [4.78, 5) is 6.52. The first-order chi connectivity index (χ1) is 6.81. The molecule has 1 aromatic rings. The first-order valence-electron chi connectivity index (χ1n) is 5.06. The smallest absolute Gasteiger partial charge is 0.0951 e. The number of hydrogen-bond donors (Lipinski definition) is 0. The summed E-state index contributed by atoms with van der Waals surface area (Å²) in [6.07, 6.45) is 6.19. The van der Waals surface area contributed by atoms with Crippen LogP contribution in [0.4, 0.5) is 0 Å². The molecular weight excluding hydrogens is 198 g/mol. The molecule has 0 spiro atoms. The van der Waals surface area contributed by atoms with Crippen LogP contribution in [0, 0.1) is 0 Å². The first kappa shape index (κ1) is 9.99. The number of imidazole rings is 1. The van der Waals surface area contributed by atoms with Crippen molar-refractivity contribution in [1.82, 2.24) is 14.5 Å². The third-order valence-corrected chi connectivity index (χ3v) is 3.24. The molecule has 2 heterocycles. The van der Waals surface area contributed by atoms with Gasteiger partial charge in [-0.05, 0) is 33.0 Å². The zero-order valence-corrected chi connectivity index (χ0v) is 9.24. The standard InChI is InChI=1S/C10H16ClN3/c1-13-4-2-9(3-5-13)14-8-12-7-10(14)6-11/h7-9H,2-6H2,1H3. The maximum atomic E-state index is 5.85. The van der Waals surface area contributed by atoms with E-state index in [1.165, 1.54) is 25.9 Å². The van der Waals surface area contributed by atoms with Crippen molar-refractivity contribution >= 4 is 11.6 Å². The molecule has 4 heteroatoms. The highest BCUT2D eigenvalue weighted by molar-refractivity contribution is 6.16. The van der Waals surface area contributed by atoms with Gasteiger partial charge in [0.05, 0.1) is 17.9 Å². The van der Waals surface area contributed by atoms with Gasteiger partial charge in [-0.25, -0.2) is 4.98 Å². The SMILES string of the molecule is CN1CCC(n2cncc2CCl)CC1. The predicted octanol–water partition coefficient (Wildman–Crippen LogP) is 1.89. The lowest BCUT2D eigenvalue weighted by atomic mass is 10.1. The fourth-order valence-corrected chi connectivity index (χ4v) is 2.24. The van der Waals surface area contributed by atoms with E-state index in [0.29, 0.717) is 11.9 Å². The van der Waals surface area contributed by atoms with Crippen LogP contribution in [0.1, 0.15) is 24.6 Å². The molecule has 1 aromatic heterocycles.